The molecule has 82 valence electrons. The van der Waals surface area contributed by atoms with Gasteiger partial charge in [0, 0.05) is 5.54 Å². The molecule has 0 unspecified atom stereocenters. The van der Waals surface area contributed by atoms with E-state index in [0.717, 1.165) is 19.4 Å². The first-order valence-electron chi connectivity index (χ1n) is 4.97. The maximum Gasteiger partial charge on any atom is 0.243 e. The van der Waals surface area contributed by atoms with Gasteiger partial charge in [0.25, 0.3) is 0 Å². The quantitative estimate of drug-likeness (QED) is 0.654. The van der Waals surface area contributed by atoms with Crippen molar-refractivity contribution in [1.29, 1.82) is 0 Å². The molecule has 1 N–H and O–H groups in total. The molecule has 14 heavy (non-hydrogen) atoms. The van der Waals surface area contributed by atoms with Crippen LogP contribution in [0.1, 0.15) is 26.7 Å². The summed E-state index contributed by atoms with van der Waals surface area (Å²) < 4.78 is 0. The van der Waals surface area contributed by atoms with Crippen molar-refractivity contribution in [2.75, 3.05) is 20.6 Å². The van der Waals surface area contributed by atoms with Crippen molar-refractivity contribution in [2.24, 2.45) is 0 Å². The van der Waals surface area contributed by atoms with E-state index in [1.165, 1.54) is 6.08 Å². The van der Waals surface area contributed by atoms with Gasteiger partial charge in [0.05, 0.1) is 0 Å². The monoisotopic (exact) mass is 198 g/mol. The molecule has 3 nitrogen and oxygen atoms in total. The van der Waals surface area contributed by atoms with E-state index in [2.05, 4.69) is 30.9 Å². The molecule has 0 heterocycles. The highest BCUT2D eigenvalue weighted by Crippen LogP contribution is 2.11. The van der Waals surface area contributed by atoms with E-state index in [-0.39, 0.29) is 11.4 Å². The minimum absolute atomic E-state index is 0.0974. The predicted molar refractivity (Wildman–Crippen MR) is 60.2 cm³/mol. The van der Waals surface area contributed by atoms with Crippen LogP contribution in [0, 0.1) is 0 Å². The van der Waals surface area contributed by atoms with Gasteiger partial charge in [-0.15, -0.1) is 0 Å². The highest BCUT2D eigenvalue weighted by Gasteiger charge is 2.18. The van der Waals surface area contributed by atoms with Crippen molar-refractivity contribution in [3.05, 3.63) is 12.7 Å². The molecule has 0 aromatic carbocycles. The van der Waals surface area contributed by atoms with Crippen molar-refractivity contribution in [3.8, 4) is 0 Å². The molecule has 0 aliphatic carbocycles. The van der Waals surface area contributed by atoms with E-state index in [9.17, 15) is 4.79 Å². The fourth-order valence-electron chi connectivity index (χ4n) is 1.28. The third kappa shape index (κ3) is 6.66. The first kappa shape index (κ1) is 13.2. The molecule has 0 spiro atoms. The number of hydrogen-bond donors (Lipinski definition) is 1. The molecule has 0 saturated carbocycles. The topological polar surface area (TPSA) is 32.3 Å². The Morgan fingerprint density at radius 2 is 2.07 bits per heavy atom. The van der Waals surface area contributed by atoms with Crippen molar-refractivity contribution < 1.29 is 4.79 Å². The lowest BCUT2D eigenvalue weighted by Gasteiger charge is -2.26. The number of rotatable bonds is 6. The largest absolute Gasteiger partial charge is 0.348 e. The summed E-state index contributed by atoms with van der Waals surface area (Å²) in [6.45, 7) is 8.55. The summed E-state index contributed by atoms with van der Waals surface area (Å²) in [6.07, 6.45) is 3.37. The zero-order chi connectivity index (χ0) is 11.2. The Labute approximate surface area is 87.2 Å². The van der Waals surface area contributed by atoms with Crippen LogP contribution >= 0.6 is 0 Å². The lowest BCUT2D eigenvalue weighted by Crippen LogP contribution is -2.42. The van der Waals surface area contributed by atoms with Crippen molar-refractivity contribution in [3.63, 3.8) is 0 Å². The average Bonchev–Trinajstić information content (AvgIpc) is 2.02. The molecule has 0 aliphatic rings. The summed E-state index contributed by atoms with van der Waals surface area (Å²) in [6, 6.07) is 0. The van der Waals surface area contributed by atoms with Gasteiger partial charge in [-0.05, 0) is 53.4 Å². The minimum Gasteiger partial charge on any atom is -0.348 e. The second-order valence-electron chi connectivity index (χ2n) is 4.48. The SMILES string of the molecule is C=CC(=O)NC(C)(C)CCCN(C)C. The summed E-state index contributed by atoms with van der Waals surface area (Å²) in [5, 5.41) is 2.90. The first-order valence-corrected chi connectivity index (χ1v) is 4.97. The summed E-state index contributed by atoms with van der Waals surface area (Å²) in [5.74, 6) is -0.0974. The second-order valence-corrected chi connectivity index (χ2v) is 4.48. The van der Waals surface area contributed by atoms with E-state index in [4.69, 9.17) is 0 Å². The van der Waals surface area contributed by atoms with Crippen LogP contribution < -0.4 is 5.32 Å². The van der Waals surface area contributed by atoms with Gasteiger partial charge < -0.3 is 10.2 Å². The molecule has 0 aliphatic heterocycles. The van der Waals surface area contributed by atoms with Crippen LogP contribution in [0.4, 0.5) is 0 Å². The molecule has 3 heteroatoms. The molecule has 0 aromatic heterocycles. The molecule has 0 saturated heterocycles. The van der Waals surface area contributed by atoms with Crippen LogP contribution in [0.5, 0.6) is 0 Å². The lowest BCUT2D eigenvalue weighted by atomic mass is 9.98. The van der Waals surface area contributed by atoms with Crippen LogP contribution in [-0.2, 0) is 4.79 Å². The number of carbonyl (C=O) groups excluding carboxylic acids is 1. The fourth-order valence-corrected chi connectivity index (χ4v) is 1.28. The number of nitrogens with one attached hydrogen (secondary N) is 1. The Morgan fingerprint density at radius 1 is 1.50 bits per heavy atom. The van der Waals surface area contributed by atoms with Gasteiger partial charge in [0.2, 0.25) is 5.91 Å². The standard InChI is InChI=1S/C11H22N2O/c1-6-10(14)12-11(2,3)8-7-9-13(4)5/h6H,1,7-9H2,2-5H3,(H,12,14). The maximum absolute atomic E-state index is 11.1. The molecule has 0 atom stereocenters. The van der Waals surface area contributed by atoms with Gasteiger partial charge in [-0.2, -0.15) is 0 Å². The van der Waals surface area contributed by atoms with E-state index >= 15 is 0 Å². The highest BCUT2D eigenvalue weighted by atomic mass is 16.1. The Hall–Kier alpha value is -0.830. The van der Waals surface area contributed by atoms with E-state index in [0.29, 0.717) is 0 Å². The van der Waals surface area contributed by atoms with Gasteiger partial charge in [0.1, 0.15) is 0 Å². The Bertz CT molecular complexity index is 197. The summed E-state index contributed by atoms with van der Waals surface area (Å²) in [4.78, 5) is 13.2. The first-order chi connectivity index (χ1) is 6.37. The van der Waals surface area contributed by atoms with Crippen LogP contribution in [0.15, 0.2) is 12.7 Å². The molecule has 0 fully saturated rings. The van der Waals surface area contributed by atoms with E-state index in [1.54, 1.807) is 0 Å². The van der Waals surface area contributed by atoms with Gasteiger partial charge in [0.15, 0.2) is 0 Å². The fraction of sp³-hybridized carbons (Fsp3) is 0.727. The summed E-state index contributed by atoms with van der Waals surface area (Å²) in [5.41, 5.74) is -0.138. The average molecular weight is 198 g/mol. The Kier molecular flexibility index (Phi) is 5.46. The molecular formula is C11H22N2O. The van der Waals surface area contributed by atoms with E-state index < -0.39 is 0 Å². The third-order valence-electron chi connectivity index (χ3n) is 2.05. The third-order valence-corrected chi connectivity index (χ3v) is 2.05. The lowest BCUT2D eigenvalue weighted by molar-refractivity contribution is -0.118. The van der Waals surface area contributed by atoms with Crippen LogP contribution in [0.2, 0.25) is 0 Å². The maximum atomic E-state index is 11.1. The zero-order valence-corrected chi connectivity index (χ0v) is 9.76. The minimum atomic E-state index is -0.138. The zero-order valence-electron chi connectivity index (χ0n) is 9.76. The Morgan fingerprint density at radius 3 is 2.50 bits per heavy atom. The second kappa shape index (κ2) is 5.81. The Balaban J connectivity index is 3.82. The van der Waals surface area contributed by atoms with Crippen LogP contribution in [0.3, 0.4) is 0 Å². The van der Waals surface area contributed by atoms with Crippen molar-refractivity contribution in [2.45, 2.75) is 32.2 Å². The predicted octanol–water partition coefficient (Wildman–Crippen LogP) is 1.41. The van der Waals surface area contributed by atoms with Gasteiger partial charge in [-0.3, -0.25) is 4.79 Å². The molecule has 0 rings (SSSR count). The van der Waals surface area contributed by atoms with Gasteiger partial charge in [-0.1, -0.05) is 6.58 Å². The molecule has 0 aromatic rings. The highest BCUT2D eigenvalue weighted by molar-refractivity contribution is 5.87. The molecule has 0 bridgehead atoms. The summed E-state index contributed by atoms with van der Waals surface area (Å²) in [7, 11) is 4.10. The molecule has 0 radical (unpaired) electrons. The van der Waals surface area contributed by atoms with Gasteiger partial charge in [-0.25, -0.2) is 0 Å². The van der Waals surface area contributed by atoms with E-state index in [1.807, 2.05) is 13.8 Å². The number of nitrogens with zero attached hydrogens (tertiary/aromatic N) is 1. The smallest absolute Gasteiger partial charge is 0.243 e. The van der Waals surface area contributed by atoms with Gasteiger partial charge >= 0.3 is 0 Å². The van der Waals surface area contributed by atoms with Crippen LogP contribution in [-0.4, -0.2) is 37.0 Å². The summed E-state index contributed by atoms with van der Waals surface area (Å²) >= 11 is 0. The molecular weight excluding hydrogens is 176 g/mol. The normalized spacial score (nSPS) is 11.5. The number of hydrogen-bond acceptors (Lipinski definition) is 2. The van der Waals surface area contributed by atoms with Crippen LogP contribution in [0.25, 0.3) is 0 Å². The van der Waals surface area contributed by atoms with Crippen molar-refractivity contribution in [1.82, 2.24) is 10.2 Å². The van der Waals surface area contributed by atoms with Crippen molar-refractivity contribution >= 4 is 5.91 Å². The number of amides is 1. The number of carbonyl (C=O) groups is 1. The molecule has 1 amide bonds.